The number of H-pyrrole nitrogens is 1. The number of carbonyl (C=O) groups is 2. The molecule has 0 unspecified atom stereocenters. The molecule has 0 aliphatic rings. The van der Waals surface area contributed by atoms with Gasteiger partial charge in [-0.1, -0.05) is 19.8 Å². The number of aromatic nitrogens is 1. The zero-order chi connectivity index (χ0) is 17.5. The zero-order valence-corrected chi connectivity index (χ0v) is 14.7. The van der Waals surface area contributed by atoms with Gasteiger partial charge in [0.1, 0.15) is 5.75 Å². The molecule has 0 saturated heterocycles. The lowest BCUT2D eigenvalue weighted by Crippen LogP contribution is -2.25. The van der Waals surface area contributed by atoms with Gasteiger partial charge in [-0.15, -0.1) is 0 Å². The molecule has 2 aromatic rings. The van der Waals surface area contributed by atoms with Crippen LogP contribution in [-0.2, 0) is 11.2 Å². The van der Waals surface area contributed by atoms with E-state index in [2.05, 4.69) is 17.2 Å². The molecule has 0 atom stereocenters. The van der Waals surface area contributed by atoms with Gasteiger partial charge in [-0.25, -0.2) is 0 Å². The van der Waals surface area contributed by atoms with Gasteiger partial charge in [-0.3, -0.25) is 9.59 Å². The van der Waals surface area contributed by atoms with Crippen LogP contribution in [0.4, 0.5) is 0 Å². The molecule has 0 spiro atoms. The van der Waals surface area contributed by atoms with Gasteiger partial charge in [0.25, 0.3) is 0 Å². The van der Waals surface area contributed by atoms with E-state index >= 15 is 0 Å². The summed E-state index contributed by atoms with van der Waals surface area (Å²) in [6.07, 6.45) is 4.30. The highest BCUT2D eigenvalue weighted by molar-refractivity contribution is 6.01. The molecule has 2 N–H and O–H groups in total. The van der Waals surface area contributed by atoms with E-state index in [4.69, 9.17) is 4.74 Å². The summed E-state index contributed by atoms with van der Waals surface area (Å²) >= 11 is 0. The van der Waals surface area contributed by atoms with Crippen LogP contribution < -0.4 is 10.1 Å². The first kappa shape index (κ1) is 18.0. The molecule has 1 amide bonds. The van der Waals surface area contributed by atoms with Gasteiger partial charge in [0, 0.05) is 36.9 Å². The van der Waals surface area contributed by atoms with Gasteiger partial charge in [0.05, 0.1) is 12.8 Å². The van der Waals surface area contributed by atoms with Crippen LogP contribution in [0.5, 0.6) is 5.75 Å². The number of carbonyl (C=O) groups excluding carboxylic acids is 2. The topological polar surface area (TPSA) is 71.2 Å². The van der Waals surface area contributed by atoms with Gasteiger partial charge in [-0.05, 0) is 30.5 Å². The number of ketones is 1. The molecule has 0 radical (unpaired) electrons. The highest BCUT2D eigenvalue weighted by Gasteiger charge is 2.15. The first-order chi connectivity index (χ1) is 11.6. The van der Waals surface area contributed by atoms with Gasteiger partial charge < -0.3 is 15.0 Å². The lowest BCUT2D eigenvalue weighted by molar-refractivity contribution is -0.121. The molecule has 5 nitrogen and oxygen atoms in total. The largest absolute Gasteiger partial charge is 0.497 e. The van der Waals surface area contributed by atoms with Crippen LogP contribution in [0.1, 0.15) is 55.6 Å². The maximum absolute atomic E-state index is 11.9. The molecule has 0 aliphatic carbocycles. The van der Waals surface area contributed by atoms with Crippen molar-refractivity contribution in [1.29, 1.82) is 0 Å². The Kier molecular flexibility index (Phi) is 6.41. The number of Topliss-reactive ketones (excluding diaryl/α,β-unsaturated/α-hetero) is 1. The Morgan fingerprint density at radius 3 is 2.71 bits per heavy atom. The third-order valence-corrected chi connectivity index (χ3v) is 4.17. The highest BCUT2D eigenvalue weighted by Crippen LogP contribution is 2.27. The predicted octanol–water partition coefficient (Wildman–Crippen LogP) is 3.62. The first-order valence-electron chi connectivity index (χ1n) is 8.53. The summed E-state index contributed by atoms with van der Waals surface area (Å²) in [5.41, 5.74) is 2.44. The molecular formula is C19H26N2O3. The number of unbranched alkanes of at least 4 members (excludes halogenated alkanes) is 2. The van der Waals surface area contributed by atoms with Gasteiger partial charge in [0.2, 0.25) is 5.91 Å². The zero-order valence-electron chi connectivity index (χ0n) is 14.7. The fourth-order valence-corrected chi connectivity index (χ4v) is 2.87. The van der Waals surface area contributed by atoms with E-state index in [1.807, 2.05) is 18.2 Å². The standard InChI is InChI=1S/C19H26N2O3/c1-4-5-6-7-18(23)20-11-10-16-15-9-8-14(24-3)12-17(15)21-19(16)13(2)22/h8-9,12,21H,4-7,10-11H2,1-3H3,(H,20,23). The van der Waals surface area contributed by atoms with Crippen LogP contribution >= 0.6 is 0 Å². The maximum Gasteiger partial charge on any atom is 0.220 e. The number of methoxy groups -OCH3 is 1. The molecule has 24 heavy (non-hydrogen) atoms. The maximum atomic E-state index is 11.9. The van der Waals surface area contributed by atoms with Crippen LogP contribution in [0.2, 0.25) is 0 Å². The average molecular weight is 330 g/mol. The molecule has 130 valence electrons. The van der Waals surface area contributed by atoms with Crippen molar-refractivity contribution in [3.8, 4) is 5.75 Å². The normalized spacial score (nSPS) is 10.8. The number of nitrogens with one attached hydrogen (secondary N) is 2. The molecule has 0 bridgehead atoms. The number of amides is 1. The number of rotatable bonds is 9. The second kappa shape index (κ2) is 8.52. The molecule has 0 aliphatic heterocycles. The minimum Gasteiger partial charge on any atom is -0.497 e. The molecule has 1 heterocycles. The molecule has 1 aromatic carbocycles. The van der Waals surface area contributed by atoms with E-state index in [-0.39, 0.29) is 11.7 Å². The molecule has 5 heteroatoms. The summed E-state index contributed by atoms with van der Waals surface area (Å²) in [6.45, 7) is 4.20. The summed E-state index contributed by atoms with van der Waals surface area (Å²) in [7, 11) is 1.62. The second-order valence-electron chi connectivity index (χ2n) is 6.00. The summed E-state index contributed by atoms with van der Waals surface area (Å²) < 4.78 is 5.23. The lowest BCUT2D eigenvalue weighted by Gasteiger charge is -2.06. The minimum absolute atomic E-state index is 0.00515. The van der Waals surface area contributed by atoms with Crippen LogP contribution in [0.25, 0.3) is 10.9 Å². The number of hydrogen-bond donors (Lipinski definition) is 2. The van der Waals surface area contributed by atoms with Gasteiger partial charge in [-0.2, -0.15) is 0 Å². The van der Waals surface area contributed by atoms with Crippen molar-refractivity contribution >= 4 is 22.6 Å². The van der Waals surface area contributed by atoms with Crippen molar-refractivity contribution in [1.82, 2.24) is 10.3 Å². The van der Waals surface area contributed by atoms with Crippen LogP contribution in [0.3, 0.4) is 0 Å². The van der Waals surface area contributed by atoms with Crippen molar-refractivity contribution in [3.63, 3.8) is 0 Å². The third-order valence-electron chi connectivity index (χ3n) is 4.17. The SMILES string of the molecule is CCCCCC(=O)NCCc1c(C(C)=O)[nH]c2cc(OC)ccc12. The van der Waals surface area contributed by atoms with Crippen LogP contribution in [0, 0.1) is 0 Å². The van der Waals surface area contributed by atoms with E-state index in [1.165, 1.54) is 0 Å². The number of aromatic amines is 1. The van der Waals surface area contributed by atoms with Crippen molar-refractivity contribution in [2.75, 3.05) is 13.7 Å². The first-order valence-corrected chi connectivity index (χ1v) is 8.53. The number of hydrogen-bond acceptors (Lipinski definition) is 3. The van der Waals surface area contributed by atoms with Crippen molar-refractivity contribution in [2.24, 2.45) is 0 Å². The molecule has 0 fully saturated rings. The predicted molar refractivity (Wildman–Crippen MR) is 95.7 cm³/mol. The van der Waals surface area contributed by atoms with Gasteiger partial charge in [0.15, 0.2) is 5.78 Å². The Labute approximate surface area is 142 Å². The van der Waals surface area contributed by atoms with Crippen molar-refractivity contribution in [2.45, 2.75) is 46.0 Å². The molecular weight excluding hydrogens is 304 g/mol. The second-order valence-corrected chi connectivity index (χ2v) is 6.00. The summed E-state index contributed by atoms with van der Waals surface area (Å²) in [5, 5.41) is 3.95. The van der Waals surface area contributed by atoms with Gasteiger partial charge >= 0.3 is 0 Å². The van der Waals surface area contributed by atoms with E-state index < -0.39 is 0 Å². The van der Waals surface area contributed by atoms with Crippen LogP contribution in [0.15, 0.2) is 18.2 Å². The number of ether oxygens (including phenoxy) is 1. The quantitative estimate of drug-likeness (QED) is 0.545. The Balaban J connectivity index is 2.08. The minimum atomic E-state index is -0.00515. The van der Waals surface area contributed by atoms with E-state index in [0.717, 1.165) is 41.5 Å². The number of fused-ring (bicyclic) bond motifs is 1. The number of benzene rings is 1. The van der Waals surface area contributed by atoms with E-state index in [0.29, 0.717) is 25.1 Å². The molecule has 2 rings (SSSR count). The molecule has 1 aromatic heterocycles. The van der Waals surface area contributed by atoms with E-state index in [9.17, 15) is 9.59 Å². The fourth-order valence-electron chi connectivity index (χ4n) is 2.87. The van der Waals surface area contributed by atoms with Crippen molar-refractivity contribution in [3.05, 3.63) is 29.5 Å². The van der Waals surface area contributed by atoms with Crippen LogP contribution in [-0.4, -0.2) is 30.3 Å². The third kappa shape index (κ3) is 4.37. The summed E-state index contributed by atoms with van der Waals surface area (Å²) in [4.78, 5) is 26.9. The Morgan fingerprint density at radius 1 is 1.25 bits per heavy atom. The summed E-state index contributed by atoms with van der Waals surface area (Å²) in [5.74, 6) is 0.818. The highest BCUT2D eigenvalue weighted by atomic mass is 16.5. The Hall–Kier alpha value is -2.30. The van der Waals surface area contributed by atoms with E-state index in [1.54, 1.807) is 14.0 Å². The lowest BCUT2D eigenvalue weighted by atomic mass is 10.1. The Bertz CT molecular complexity index is 719. The average Bonchev–Trinajstić information content (AvgIpc) is 2.93. The Morgan fingerprint density at radius 2 is 2.04 bits per heavy atom. The smallest absolute Gasteiger partial charge is 0.220 e. The fraction of sp³-hybridized carbons (Fsp3) is 0.474. The monoisotopic (exact) mass is 330 g/mol. The van der Waals surface area contributed by atoms with Crippen molar-refractivity contribution < 1.29 is 14.3 Å². The molecule has 0 saturated carbocycles. The summed E-state index contributed by atoms with van der Waals surface area (Å²) in [6, 6.07) is 5.72.